The van der Waals surface area contributed by atoms with Crippen molar-refractivity contribution in [2.75, 3.05) is 0 Å². The maximum atomic E-state index is 11.1. The van der Waals surface area contributed by atoms with Gasteiger partial charge in [0.1, 0.15) is 0 Å². The highest BCUT2D eigenvalue weighted by Crippen LogP contribution is 2.22. The molecule has 0 radical (unpaired) electrons. The fourth-order valence-corrected chi connectivity index (χ4v) is 1.86. The summed E-state index contributed by atoms with van der Waals surface area (Å²) in [4.78, 5) is 27.4. The van der Waals surface area contributed by atoms with Crippen molar-refractivity contribution in [1.82, 2.24) is 9.97 Å². The fourth-order valence-electron chi connectivity index (χ4n) is 1.30. The van der Waals surface area contributed by atoms with E-state index in [9.17, 15) is 9.59 Å². The van der Waals surface area contributed by atoms with Crippen molar-refractivity contribution in [2.24, 2.45) is 0 Å². The van der Waals surface area contributed by atoms with Crippen LogP contribution in [0.3, 0.4) is 0 Å². The second-order valence-corrected chi connectivity index (χ2v) is 3.87. The first-order valence-electron chi connectivity index (χ1n) is 4.00. The van der Waals surface area contributed by atoms with Gasteiger partial charge in [-0.05, 0) is 35.0 Å². The second kappa shape index (κ2) is 3.09. The van der Waals surface area contributed by atoms with E-state index in [-0.39, 0.29) is 11.5 Å². The number of benzene rings is 1. The summed E-state index contributed by atoms with van der Waals surface area (Å²) in [5.74, 6) is -0.0327. The number of ketones is 1. The van der Waals surface area contributed by atoms with E-state index in [4.69, 9.17) is 0 Å². The van der Waals surface area contributed by atoms with Gasteiger partial charge >= 0.3 is 5.69 Å². The maximum absolute atomic E-state index is 11.1. The molecule has 0 saturated heterocycles. The number of nitrogens with one attached hydrogen (secondary N) is 2. The van der Waals surface area contributed by atoms with Gasteiger partial charge in [0.15, 0.2) is 5.78 Å². The van der Waals surface area contributed by atoms with Crippen LogP contribution in [0, 0.1) is 0 Å². The Morgan fingerprint density at radius 2 is 2.07 bits per heavy atom. The summed E-state index contributed by atoms with van der Waals surface area (Å²) in [6.07, 6.45) is 0. The van der Waals surface area contributed by atoms with Crippen LogP contribution in [-0.2, 0) is 0 Å². The van der Waals surface area contributed by atoms with Gasteiger partial charge < -0.3 is 9.97 Å². The quantitative estimate of drug-likeness (QED) is 0.763. The largest absolute Gasteiger partial charge is 0.323 e. The van der Waals surface area contributed by atoms with Gasteiger partial charge in [-0.25, -0.2) is 4.79 Å². The van der Waals surface area contributed by atoms with Crippen LogP contribution in [0.15, 0.2) is 21.4 Å². The number of imidazole rings is 1. The molecule has 4 nitrogen and oxygen atoms in total. The predicted molar refractivity (Wildman–Crippen MR) is 56.6 cm³/mol. The molecule has 0 fully saturated rings. The Balaban J connectivity index is 2.84. The van der Waals surface area contributed by atoms with E-state index in [1.54, 1.807) is 12.1 Å². The molecule has 2 N–H and O–H groups in total. The Bertz CT molecular complexity index is 568. The number of hydrogen-bond donors (Lipinski definition) is 2. The third-order valence-corrected chi connectivity index (χ3v) is 2.61. The number of aromatic nitrogens is 2. The Morgan fingerprint density at radius 3 is 2.71 bits per heavy atom. The molecule has 0 unspecified atom stereocenters. The number of H-pyrrole nitrogens is 2. The van der Waals surface area contributed by atoms with Crippen LogP contribution in [0.5, 0.6) is 0 Å². The minimum atomic E-state index is -0.276. The van der Waals surface area contributed by atoms with Gasteiger partial charge in [0, 0.05) is 10.0 Å². The topological polar surface area (TPSA) is 65.7 Å². The zero-order valence-electron chi connectivity index (χ0n) is 7.35. The van der Waals surface area contributed by atoms with Crippen molar-refractivity contribution < 1.29 is 4.79 Å². The van der Waals surface area contributed by atoms with Crippen molar-refractivity contribution in [1.29, 1.82) is 0 Å². The molecule has 5 heteroatoms. The van der Waals surface area contributed by atoms with E-state index < -0.39 is 0 Å². The van der Waals surface area contributed by atoms with Gasteiger partial charge in [-0.1, -0.05) is 0 Å². The average molecular weight is 255 g/mol. The van der Waals surface area contributed by atoms with Crippen LogP contribution in [0.1, 0.15) is 17.3 Å². The highest BCUT2D eigenvalue weighted by molar-refractivity contribution is 9.10. The number of carbonyl (C=O) groups excluding carboxylic acids is 1. The average Bonchev–Trinajstić information content (AvgIpc) is 2.45. The monoisotopic (exact) mass is 254 g/mol. The number of Topliss-reactive ketones (excluding diaryl/α,β-unsaturated/α-hetero) is 1. The fraction of sp³-hybridized carbons (Fsp3) is 0.111. The van der Waals surface area contributed by atoms with Crippen molar-refractivity contribution in [3.05, 3.63) is 32.7 Å². The van der Waals surface area contributed by atoms with E-state index in [2.05, 4.69) is 25.9 Å². The molecule has 0 aliphatic carbocycles. The molecule has 0 amide bonds. The van der Waals surface area contributed by atoms with E-state index in [0.29, 0.717) is 21.1 Å². The lowest BCUT2D eigenvalue weighted by Crippen LogP contribution is -1.99. The van der Waals surface area contributed by atoms with Crippen molar-refractivity contribution in [3.8, 4) is 0 Å². The van der Waals surface area contributed by atoms with Gasteiger partial charge in [0.05, 0.1) is 11.0 Å². The van der Waals surface area contributed by atoms with Crippen LogP contribution in [-0.4, -0.2) is 15.8 Å². The second-order valence-electron chi connectivity index (χ2n) is 3.02. The zero-order valence-corrected chi connectivity index (χ0v) is 8.94. The van der Waals surface area contributed by atoms with Gasteiger partial charge in [-0.3, -0.25) is 4.79 Å². The first-order valence-corrected chi connectivity index (χ1v) is 4.79. The molecule has 2 aromatic rings. The van der Waals surface area contributed by atoms with Gasteiger partial charge in [-0.2, -0.15) is 0 Å². The molecule has 2 rings (SSSR count). The van der Waals surface area contributed by atoms with Crippen molar-refractivity contribution in [2.45, 2.75) is 6.92 Å². The Kier molecular flexibility index (Phi) is 2.03. The van der Waals surface area contributed by atoms with Crippen molar-refractivity contribution >= 4 is 32.7 Å². The minimum Gasteiger partial charge on any atom is -0.306 e. The summed E-state index contributed by atoms with van der Waals surface area (Å²) >= 11 is 3.29. The standard InChI is InChI=1S/C9H7BrN2O2/c1-4(13)5-2-6(10)8-7(3-5)11-9(14)12-8/h2-3H,1H3,(H2,11,12,14). The summed E-state index contributed by atoms with van der Waals surface area (Å²) < 4.78 is 0.707. The molecule has 14 heavy (non-hydrogen) atoms. The predicted octanol–water partition coefficient (Wildman–Crippen LogP) is 1.82. The zero-order chi connectivity index (χ0) is 10.3. The number of halogens is 1. The van der Waals surface area contributed by atoms with E-state index in [0.717, 1.165) is 0 Å². The maximum Gasteiger partial charge on any atom is 0.323 e. The molecule has 0 spiro atoms. The lowest BCUT2D eigenvalue weighted by molar-refractivity contribution is 0.101. The van der Waals surface area contributed by atoms with Crippen LogP contribution in [0.2, 0.25) is 0 Å². The lowest BCUT2D eigenvalue weighted by Gasteiger charge is -1.97. The van der Waals surface area contributed by atoms with E-state index >= 15 is 0 Å². The SMILES string of the molecule is CC(=O)c1cc(Br)c2[nH]c(=O)[nH]c2c1. The number of fused-ring (bicyclic) bond motifs is 1. The lowest BCUT2D eigenvalue weighted by atomic mass is 10.1. The van der Waals surface area contributed by atoms with E-state index in [1.807, 2.05) is 0 Å². The third-order valence-electron chi connectivity index (χ3n) is 1.98. The number of hydrogen-bond acceptors (Lipinski definition) is 2. The highest BCUT2D eigenvalue weighted by atomic mass is 79.9. The molecule has 0 bridgehead atoms. The molecule has 1 aromatic heterocycles. The number of aromatic amines is 2. The summed E-state index contributed by atoms with van der Waals surface area (Å²) in [6, 6.07) is 3.34. The molecule has 1 aromatic carbocycles. The normalized spacial score (nSPS) is 10.7. The summed E-state index contributed by atoms with van der Waals surface area (Å²) in [6.45, 7) is 1.48. The third kappa shape index (κ3) is 1.39. The Hall–Kier alpha value is -1.36. The summed E-state index contributed by atoms with van der Waals surface area (Å²) in [5, 5.41) is 0. The molecule has 1 heterocycles. The molecule has 0 aliphatic rings. The number of carbonyl (C=O) groups is 1. The van der Waals surface area contributed by atoms with Gasteiger partial charge in [0.2, 0.25) is 0 Å². The smallest absolute Gasteiger partial charge is 0.306 e. The van der Waals surface area contributed by atoms with Gasteiger partial charge in [-0.15, -0.1) is 0 Å². The highest BCUT2D eigenvalue weighted by Gasteiger charge is 2.07. The molecule has 72 valence electrons. The molecule has 0 aliphatic heterocycles. The minimum absolute atomic E-state index is 0.0327. The summed E-state index contributed by atoms with van der Waals surface area (Å²) in [7, 11) is 0. The number of rotatable bonds is 1. The molecular formula is C9H7BrN2O2. The Labute approximate surface area is 87.5 Å². The van der Waals surface area contributed by atoms with E-state index in [1.165, 1.54) is 6.92 Å². The van der Waals surface area contributed by atoms with Crippen LogP contribution >= 0.6 is 15.9 Å². The molecule has 0 saturated carbocycles. The first-order chi connectivity index (χ1) is 6.58. The first kappa shape index (κ1) is 9.21. The van der Waals surface area contributed by atoms with Gasteiger partial charge in [0.25, 0.3) is 0 Å². The van der Waals surface area contributed by atoms with Crippen LogP contribution in [0.4, 0.5) is 0 Å². The molecule has 0 atom stereocenters. The molecular weight excluding hydrogens is 248 g/mol. The Morgan fingerprint density at radius 1 is 1.36 bits per heavy atom. The van der Waals surface area contributed by atoms with Crippen LogP contribution in [0.25, 0.3) is 11.0 Å². The summed E-state index contributed by atoms with van der Waals surface area (Å²) in [5.41, 5.74) is 1.61. The van der Waals surface area contributed by atoms with Crippen molar-refractivity contribution in [3.63, 3.8) is 0 Å². The van der Waals surface area contributed by atoms with Crippen LogP contribution < -0.4 is 5.69 Å².